The van der Waals surface area contributed by atoms with Crippen molar-refractivity contribution in [2.45, 2.75) is 50.4 Å². The highest BCUT2D eigenvalue weighted by Crippen LogP contribution is 2.43. The highest BCUT2D eigenvalue weighted by molar-refractivity contribution is 5.51. The van der Waals surface area contributed by atoms with Crippen LogP contribution in [0.1, 0.15) is 42.9 Å². The molecule has 1 heterocycles. The molecule has 0 saturated heterocycles. The van der Waals surface area contributed by atoms with Crippen LogP contribution in [0.2, 0.25) is 0 Å². The Bertz CT molecular complexity index is 535. The van der Waals surface area contributed by atoms with Crippen LogP contribution in [0, 0.1) is 5.92 Å². The van der Waals surface area contributed by atoms with Crippen molar-refractivity contribution in [1.29, 1.82) is 0 Å². The Kier molecular flexibility index (Phi) is 4.57. The van der Waals surface area contributed by atoms with Crippen molar-refractivity contribution < 1.29 is 14.9 Å². The van der Waals surface area contributed by atoms with E-state index in [9.17, 15) is 10.2 Å². The lowest BCUT2D eigenvalue weighted by molar-refractivity contribution is -0.0618. The van der Waals surface area contributed by atoms with Gasteiger partial charge in [-0.1, -0.05) is 12.5 Å². The number of hydrogen-bond donors (Lipinski definition) is 4. The van der Waals surface area contributed by atoms with E-state index in [2.05, 4.69) is 5.32 Å². The third kappa shape index (κ3) is 2.81. The molecule has 0 bridgehead atoms. The summed E-state index contributed by atoms with van der Waals surface area (Å²) in [6.07, 6.45) is 5.15. The molecule has 5 N–H and O–H groups in total. The van der Waals surface area contributed by atoms with Gasteiger partial charge in [-0.2, -0.15) is 0 Å². The molecule has 3 rings (SSSR count). The summed E-state index contributed by atoms with van der Waals surface area (Å²) in [5.74, 6) is 0.396. The molecule has 1 aromatic rings. The van der Waals surface area contributed by atoms with Crippen LogP contribution in [0.3, 0.4) is 0 Å². The predicted octanol–water partition coefficient (Wildman–Crippen LogP) is 1.82. The van der Waals surface area contributed by atoms with Gasteiger partial charge in [-0.25, -0.2) is 0 Å². The van der Waals surface area contributed by atoms with E-state index >= 15 is 0 Å². The highest BCUT2D eigenvalue weighted by Gasteiger charge is 2.36. The molecule has 1 aliphatic carbocycles. The highest BCUT2D eigenvalue weighted by atomic mass is 16.5. The van der Waals surface area contributed by atoms with E-state index in [0.29, 0.717) is 24.9 Å². The molecule has 1 fully saturated rings. The van der Waals surface area contributed by atoms with Crippen LogP contribution >= 0.6 is 0 Å². The molecule has 0 radical (unpaired) electrons. The molecule has 1 aliphatic heterocycles. The number of hydrogen-bond acceptors (Lipinski definition) is 5. The van der Waals surface area contributed by atoms with E-state index < -0.39 is 0 Å². The van der Waals surface area contributed by atoms with Crippen LogP contribution in [0.5, 0.6) is 11.5 Å². The van der Waals surface area contributed by atoms with Crippen molar-refractivity contribution in [3.05, 3.63) is 23.3 Å². The lowest BCUT2D eigenvalue weighted by Gasteiger charge is -2.39. The number of aromatic hydroxyl groups is 2. The average Bonchev–Trinajstić information content (AvgIpc) is 2.57. The average molecular weight is 306 g/mol. The molecule has 2 aliphatic rings. The molecule has 1 aromatic carbocycles. The standard InChI is InChI=1S/C17H26N2O3/c1-19-11-4-2-3-10(7-11)15-8-13-12(16(9-18)22-15)5-6-14(20)17(13)21/h5-6,10-11,15-16,19-21H,2-4,7-9,18H2,1H3. The number of nitrogens with one attached hydrogen (secondary N) is 1. The van der Waals surface area contributed by atoms with Crippen molar-refractivity contribution >= 4 is 0 Å². The summed E-state index contributed by atoms with van der Waals surface area (Å²) >= 11 is 0. The molecule has 1 saturated carbocycles. The summed E-state index contributed by atoms with van der Waals surface area (Å²) in [4.78, 5) is 0. The predicted molar refractivity (Wildman–Crippen MR) is 84.9 cm³/mol. The van der Waals surface area contributed by atoms with Gasteiger partial charge in [-0.3, -0.25) is 0 Å². The maximum Gasteiger partial charge on any atom is 0.161 e. The number of rotatable bonds is 3. The van der Waals surface area contributed by atoms with Crippen molar-refractivity contribution in [1.82, 2.24) is 5.32 Å². The van der Waals surface area contributed by atoms with Gasteiger partial charge in [0.15, 0.2) is 11.5 Å². The van der Waals surface area contributed by atoms with Crippen molar-refractivity contribution in [2.75, 3.05) is 13.6 Å². The van der Waals surface area contributed by atoms with E-state index in [1.54, 1.807) is 0 Å². The normalized spacial score (nSPS) is 31.7. The first-order valence-electron chi connectivity index (χ1n) is 8.20. The number of ether oxygens (including phenoxy) is 1. The zero-order chi connectivity index (χ0) is 15.7. The Morgan fingerprint density at radius 1 is 1.32 bits per heavy atom. The first-order valence-corrected chi connectivity index (χ1v) is 8.20. The minimum Gasteiger partial charge on any atom is -0.504 e. The van der Waals surface area contributed by atoms with Gasteiger partial charge >= 0.3 is 0 Å². The number of nitrogens with two attached hydrogens (primary N) is 1. The van der Waals surface area contributed by atoms with Gasteiger partial charge in [0.2, 0.25) is 0 Å². The second-order valence-corrected chi connectivity index (χ2v) is 6.52. The number of phenolic OH excluding ortho intramolecular Hbond substituents is 2. The molecule has 4 unspecified atom stereocenters. The minimum atomic E-state index is -0.199. The Balaban J connectivity index is 1.85. The van der Waals surface area contributed by atoms with Crippen LogP contribution in [0.15, 0.2) is 12.1 Å². The van der Waals surface area contributed by atoms with Crippen LogP contribution < -0.4 is 11.1 Å². The summed E-state index contributed by atoms with van der Waals surface area (Å²) in [7, 11) is 2.01. The van der Waals surface area contributed by atoms with Gasteiger partial charge in [0.05, 0.1) is 12.2 Å². The van der Waals surface area contributed by atoms with Crippen LogP contribution in [0.4, 0.5) is 0 Å². The van der Waals surface area contributed by atoms with Gasteiger partial charge < -0.3 is 26.0 Å². The Labute approximate surface area is 131 Å². The van der Waals surface area contributed by atoms with E-state index in [1.165, 1.54) is 18.9 Å². The zero-order valence-electron chi connectivity index (χ0n) is 13.1. The second-order valence-electron chi connectivity index (χ2n) is 6.52. The van der Waals surface area contributed by atoms with E-state index in [0.717, 1.165) is 24.0 Å². The molecular formula is C17H26N2O3. The van der Waals surface area contributed by atoms with E-state index in [4.69, 9.17) is 10.5 Å². The minimum absolute atomic E-state index is 0.00905. The molecular weight excluding hydrogens is 280 g/mol. The quantitative estimate of drug-likeness (QED) is 0.640. The maximum absolute atomic E-state index is 10.2. The van der Waals surface area contributed by atoms with Gasteiger partial charge in [0.25, 0.3) is 0 Å². The monoisotopic (exact) mass is 306 g/mol. The van der Waals surface area contributed by atoms with Crippen molar-refractivity contribution in [3.63, 3.8) is 0 Å². The maximum atomic E-state index is 10.2. The Hall–Kier alpha value is -1.30. The van der Waals surface area contributed by atoms with Gasteiger partial charge in [0.1, 0.15) is 0 Å². The zero-order valence-corrected chi connectivity index (χ0v) is 13.1. The molecule has 0 spiro atoms. The molecule has 0 aromatic heterocycles. The SMILES string of the molecule is CNC1CCCC(C2Cc3c(ccc(O)c3O)C(CN)O2)C1. The molecule has 5 heteroatoms. The van der Waals surface area contributed by atoms with E-state index in [1.807, 2.05) is 13.1 Å². The first-order chi connectivity index (χ1) is 10.6. The third-order valence-electron chi connectivity index (χ3n) is 5.25. The number of benzene rings is 1. The van der Waals surface area contributed by atoms with Gasteiger partial charge in [-0.05, 0) is 43.9 Å². The van der Waals surface area contributed by atoms with Crippen molar-refractivity contribution in [3.8, 4) is 11.5 Å². The van der Waals surface area contributed by atoms with Crippen LogP contribution in [-0.2, 0) is 11.2 Å². The molecule has 4 atom stereocenters. The topological polar surface area (TPSA) is 87.7 Å². The summed E-state index contributed by atoms with van der Waals surface area (Å²) in [5, 5.41) is 23.4. The second kappa shape index (κ2) is 6.44. The fourth-order valence-electron chi connectivity index (χ4n) is 3.98. The Morgan fingerprint density at radius 2 is 2.14 bits per heavy atom. The van der Waals surface area contributed by atoms with Crippen molar-refractivity contribution in [2.24, 2.45) is 11.7 Å². The first kappa shape index (κ1) is 15.6. The van der Waals surface area contributed by atoms with E-state index in [-0.39, 0.29) is 23.7 Å². The fraction of sp³-hybridized carbons (Fsp3) is 0.647. The smallest absolute Gasteiger partial charge is 0.161 e. The van der Waals surface area contributed by atoms with Crippen LogP contribution in [-0.4, -0.2) is 36.0 Å². The largest absolute Gasteiger partial charge is 0.504 e. The molecule has 5 nitrogen and oxygen atoms in total. The lowest BCUT2D eigenvalue weighted by atomic mass is 9.78. The lowest BCUT2D eigenvalue weighted by Crippen LogP contribution is -2.41. The summed E-state index contributed by atoms with van der Waals surface area (Å²) < 4.78 is 6.24. The van der Waals surface area contributed by atoms with Gasteiger partial charge in [0, 0.05) is 24.6 Å². The Morgan fingerprint density at radius 3 is 2.86 bits per heavy atom. The molecule has 0 amide bonds. The number of phenols is 2. The fourth-order valence-corrected chi connectivity index (χ4v) is 3.98. The molecule has 122 valence electrons. The molecule has 22 heavy (non-hydrogen) atoms. The summed E-state index contributed by atoms with van der Waals surface area (Å²) in [5.41, 5.74) is 7.59. The summed E-state index contributed by atoms with van der Waals surface area (Å²) in [6, 6.07) is 3.87. The van der Waals surface area contributed by atoms with Gasteiger partial charge in [-0.15, -0.1) is 0 Å². The van der Waals surface area contributed by atoms with Crippen LogP contribution in [0.25, 0.3) is 0 Å². The third-order valence-corrected chi connectivity index (χ3v) is 5.25. The number of fused-ring (bicyclic) bond motifs is 1. The summed E-state index contributed by atoms with van der Waals surface area (Å²) in [6.45, 7) is 0.385.